The van der Waals surface area contributed by atoms with Crippen LogP contribution in [0.25, 0.3) is 0 Å². The zero-order valence-corrected chi connectivity index (χ0v) is 14.2. The number of ether oxygens (including phenoxy) is 2. The Morgan fingerprint density at radius 3 is 2.15 bits per heavy atom. The SMILES string of the molecule is COC(=O)c1ccc(C(=NN)C(=O)C(=O)Nc2ccccc2OC)cc1. The molecule has 0 heterocycles. The van der Waals surface area contributed by atoms with Gasteiger partial charge in [-0.25, -0.2) is 4.79 Å². The van der Waals surface area contributed by atoms with E-state index in [-0.39, 0.29) is 5.71 Å². The summed E-state index contributed by atoms with van der Waals surface area (Å²) in [6.45, 7) is 0. The van der Waals surface area contributed by atoms with Gasteiger partial charge >= 0.3 is 5.97 Å². The van der Waals surface area contributed by atoms with Gasteiger partial charge in [-0.2, -0.15) is 5.10 Å². The quantitative estimate of drug-likeness (QED) is 0.265. The standard InChI is InChI=1S/C18H17N3O5/c1-25-14-6-4-3-5-13(14)20-17(23)16(22)15(21-19)11-7-9-12(10-8-11)18(24)26-2/h3-10H,19H2,1-2H3,(H,20,23). The lowest BCUT2D eigenvalue weighted by molar-refractivity contribution is -0.130. The fraction of sp³-hybridized carbons (Fsp3) is 0.111. The molecule has 0 saturated heterocycles. The molecule has 2 aromatic carbocycles. The molecule has 0 bridgehead atoms. The van der Waals surface area contributed by atoms with Crippen molar-refractivity contribution in [1.82, 2.24) is 0 Å². The molecule has 0 atom stereocenters. The number of carbonyl (C=O) groups excluding carboxylic acids is 3. The highest BCUT2D eigenvalue weighted by Crippen LogP contribution is 2.23. The first-order valence-corrected chi connectivity index (χ1v) is 7.47. The first-order valence-electron chi connectivity index (χ1n) is 7.47. The number of rotatable bonds is 6. The fourth-order valence-corrected chi connectivity index (χ4v) is 2.18. The molecule has 8 nitrogen and oxygen atoms in total. The second-order valence-electron chi connectivity index (χ2n) is 5.03. The van der Waals surface area contributed by atoms with Crippen LogP contribution in [0.3, 0.4) is 0 Å². The van der Waals surface area contributed by atoms with Crippen LogP contribution < -0.4 is 15.9 Å². The van der Waals surface area contributed by atoms with Gasteiger partial charge in [0.15, 0.2) is 0 Å². The summed E-state index contributed by atoms with van der Waals surface area (Å²) in [5, 5.41) is 5.88. The van der Waals surface area contributed by atoms with Gasteiger partial charge in [-0.05, 0) is 24.3 Å². The van der Waals surface area contributed by atoms with E-state index in [1.165, 1.54) is 38.5 Å². The number of nitrogens with one attached hydrogen (secondary N) is 1. The van der Waals surface area contributed by atoms with Crippen molar-refractivity contribution in [3.63, 3.8) is 0 Å². The molecule has 0 saturated carbocycles. The monoisotopic (exact) mass is 355 g/mol. The number of nitrogens with zero attached hydrogens (tertiary/aromatic N) is 1. The van der Waals surface area contributed by atoms with Crippen LogP contribution in [0.15, 0.2) is 53.6 Å². The van der Waals surface area contributed by atoms with E-state index in [0.29, 0.717) is 22.6 Å². The number of carbonyl (C=O) groups is 3. The van der Waals surface area contributed by atoms with Gasteiger partial charge in [0, 0.05) is 5.56 Å². The van der Waals surface area contributed by atoms with Crippen molar-refractivity contribution >= 4 is 29.1 Å². The molecule has 26 heavy (non-hydrogen) atoms. The second-order valence-corrected chi connectivity index (χ2v) is 5.03. The van der Waals surface area contributed by atoms with Gasteiger partial charge in [-0.15, -0.1) is 0 Å². The fourth-order valence-electron chi connectivity index (χ4n) is 2.18. The summed E-state index contributed by atoms with van der Waals surface area (Å²) in [5.41, 5.74) is 0.679. The third kappa shape index (κ3) is 4.04. The van der Waals surface area contributed by atoms with Crippen LogP contribution in [0.4, 0.5) is 5.69 Å². The topological polar surface area (TPSA) is 120 Å². The lowest BCUT2D eigenvalue weighted by Gasteiger charge is -2.10. The van der Waals surface area contributed by atoms with Crippen molar-refractivity contribution in [1.29, 1.82) is 0 Å². The summed E-state index contributed by atoms with van der Waals surface area (Å²) in [7, 11) is 2.71. The molecule has 134 valence electrons. The Kier molecular flexibility index (Phi) is 6.05. The molecule has 2 aromatic rings. The van der Waals surface area contributed by atoms with Gasteiger partial charge in [0.1, 0.15) is 11.5 Å². The first-order chi connectivity index (χ1) is 12.5. The lowest BCUT2D eigenvalue weighted by Crippen LogP contribution is -2.31. The normalized spacial score (nSPS) is 10.8. The predicted molar refractivity (Wildman–Crippen MR) is 95.1 cm³/mol. The average molecular weight is 355 g/mol. The smallest absolute Gasteiger partial charge is 0.337 e. The van der Waals surface area contributed by atoms with E-state index < -0.39 is 17.7 Å². The van der Waals surface area contributed by atoms with Gasteiger partial charge < -0.3 is 20.6 Å². The molecule has 0 aliphatic carbocycles. The van der Waals surface area contributed by atoms with Crippen molar-refractivity contribution in [3.8, 4) is 5.75 Å². The summed E-state index contributed by atoms with van der Waals surface area (Å²) < 4.78 is 9.72. The number of hydrazone groups is 1. The third-order valence-corrected chi connectivity index (χ3v) is 3.49. The van der Waals surface area contributed by atoms with E-state index >= 15 is 0 Å². The minimum absolute atomic E-state index is 0.242. The number of ketones is 1. The Labute approximate surface area is 149 Å². The zero-order valence-electron chi connectivity index (χ0n) is 14.2. The number of anilines is 1. The first kappa shape index (κ1) is 18.7. The molecule has 1 amide bonds. The second kappa shape index (κ2) is 8.43. The van der Waals surface area contributed by atoms with Gasteiger partial charge in [0.05, 0.1) is 25.5 Å². The molecule has 0 aliphatic heterocycles. The maximum Gasteiger partial charge on any atom is 0.337 e. The molecule has 0 fully saturated rings. The number of methoxy groups -OCH3 is 2. The van der Waals surface area contributed by atoms with Gasteiger partial charge in [-0.1, -0.05) is 24.3 Å². The van der Waals surface area contributed by atoms with Crippen LogP contribution in [-0.2, 0) is 14.3 Å². The molecule has 3 N–H and O–H groups in total. The van der Waals surface area contributed by atoms with Gasteiger partial charge in [0.25, 0.3) is 11.7 Å². The van der Waals surface area contributed by atoms with Crippen LogP contribution in [0.1, 0.15) is 15.9 Å². The number of hydrogen-bond acceptors (Lipinski definition) is 7. The van der Waals surface area contributed by atoms with Crippen LogP contribution >= 0.6 is 0 Å². The number of esters is 1. The van der Waals surface area contributed by atoms with E-state index in [9.17, 15) is 14.4 Å². The summed E-state index contributed by atoms with van der Waals surface area (Å²) in [4.78, 5) is 36.1. The maximum absolute atomic E-state index is 12.4. The average Bonchev–Trinajstić information content (AvgIpc) is 2.68. The number of nitrogens with two attached hydrogens (primary N) is 1. The van der Waals surface area contributed by atoms with Crippen molar-refractivity contribution in [2.75, 3.05) is 19.5 Å². The van der Waals surface area contributed by atoms with E-state index in [2.05, 4.69) is 15.2 Å². The van der Waals surface area contributed by atoms with Crippen LogP contribution in [-0.4, -0.2) is 37.6 Å². The van der Waals surface area contributed by atoms with Gasteiger partial charge in [-0.3, -0.25) is 9.59 Å². The van der Waals surface area contributed by atoms with Crippen LogP contribution in [0.5, 0.6) is 5.75 Å². The molecule has 0 spiro atoms. The zero-order chi connectivity index (χ0) is 19.1. The van der Waals surface area contributed by atoms with Crippen LogP contribution in [0, 0.1) is 0 Å². The number of hydrogen-bond donors (Lipinski definition) is 2. The molecule has 2 rings (SSSR count). The van der Waals surface area contributed by atoms with Crippen molar-refractivity contribution in [2.45, 2.75) is 0 Å². The highest BCUT2D eigenvalue weighted by atomic mass is 16.5. The highest BCUT2D eigenvalue weighted by Gasteiger charge is 2.23. The minimum Gasteiger partial charge on any atom is -0.495 e. The Balaban J connectivity index is 2.20. The van der Waals surface area contributed by atoms with Crippen molar-refractivity contribution in [2.24, 2.45) is 10.9 Å². The number of amides is 1. The predicted octanol–water partition coefficient (Wildman–Crippen LogP) is 1.35. The molecule has 0 unspecified atom stereocenters. The summed E-state index contributed by atoms with van der Waals surface area (Å²) in [6, 6.07) is 12.4. The lowest BCUT2D eigenvalue weighted by atomic mass is 10.0. The van der Waals surface area contributed by atoms with E-state index in [0.717, 1.165) is 0 Å². The van der Waals surface area contributed by atoms with E-state index in [1.807, 2.05) is 0 Å². The number of para-hydroxylation sites is 2. The third-order valence-electron chi connectivity index (χ3n) is 3.49. The molecule has 0 aliphatic rings. The Hall–Kier alpha value is -3.68. The summed E-state index contributed by atoms with van der Waals surface area (Å²) >= 11 is 0. The molecule has 0 aromatic heterocycles. The summed E-state index contributed by atoms with van der Waals surface area (Å²) in [5.74, 6) is 3.32. The molecule has 8 heteroatoms. The number of Topliss-reactive ketones (excluding diaryl/α,β-unsaturated/α-hetero) is 1. The highest BCUT2D eigenvalue weighted by molar-refractivity contribution is 6.69. The Bertz CT molecular complexity index is 859. The van der Waals surface area contributed by atoms with E-state index in [4.69, 9.17) is 10.6 Å². The minimum atomic E-state index is -0.927. The van der Waals surface area contributed by atoms with Crippen LogP contribution in [0.2, 0.25) is 0 Å². The molecular weight excluding hydrogens is 338 g/mol. The maximum atomic E-state index is 12.4. The molecular formula is C18H17N3O5. The number of benzene rings is 2. The summed E-state index contributed by atoms with van der Waals surface area (Å²) in [6.07, 6.45) is 0. The van der Waals surface area contributed by atoms with Crippen molar-refractivity contribution in [3.05, 3.63) is 59.7 Å². The Morgan fingerprint density at radius 1 is 0.962 bits per heavy atom. The molecule has 0 radical (unpaired) electrons. The van der Waals surface area contributed by atoms with Crippen molar-refractivity contribution < 1.29 is 23.9 Å². The Morgan fingerprint density at radius 2 is 1.58 bits per heavy atom. The van der Waals surface area contributed by atoms with Gasteiger partial charge in [0.2, 0.25) is 0 Å². The largest absolute Gasteiger partial charge is 0.495 e. The van der Waals surface area contributed by atoms with E-state index in [1.54, 1.807) is 24.3 Å².